The van der Waals surface area contributed by atoms with Crippen LogP contribution in [0.25, 0.3) is 10.2 Å². The molecular formula is C21H27Cl2N5O3S. The second-order valence-corrected chi connectivity index (χ2v) is 8.71. The molecular weight excluding hydrogens is 473 g/mol. The fourth-order valence-corrected chi connectivity index (χ4v) is 4.95. The summed E-state index contributed by atoms with van der Waals surface area (Å²) in [7, 11) is 1.60. The van der Waals surface area contributed by atoms with Crippen LogP contribution in [0.2, 0.25) is 5.02 Å². The van der Waals surface area contributed by atoms with Gasteiger partial charge in [-0.25, -0.2) is 4.98 Å². The monoisotopic (exact) mass is 499 g/mol. The summed E-state index contributed by atoms with van der Waals surface area (Å²) in [6, 6.07) is 5.41. The van der Waals surface area contributed by atoms with E-state index in [2.05, 4.69) is 10.00 Å². The van der Waals surface area contributed by atoms with Crippen LogP contribution in [0.15, 0.2) is 18.2 Å². The van der Waals surface area contributed by atoms with Gasteiger partial charge in [0.05, 0.1) is 35.7 Å². The molecule has 1 saturated heterocycles. The smallest absolute Gasteiger partial charge is 0.278 e. The molecule has 0 atom stereocenters. The summed E-state index contributed by atoms with van der Waals surface area (Å²) in [5, 5.41) is 5.64. The number of halogens is 2. The van der Waals surface area contributed by atoms with Crippen molar-refractivity contribution in [2.75, 3.05) is 51.4 Å². The normalized spacial score (nSPS) is 14.4. The Bertz CT molecular complexity index is 1080. The number of methoxy groups -OCH3 is 1. The first kappa shape index (κ1) is 24.7. The lowest BCUT2D eigenvalue weighted by atomic mass is 10.3. The van der Waals surface area contributed by atoms with Crippen molar-refractivity contribution >= 4 is 56.6 Å². The highest BCUT2D eigenvalue weighted by Crippen LogP contribution is 2.39. The number of fused-ring (bicyclic) bond motifs is 1. The Kier molecular flexibility index (Phi) is 8.35. The first-order valence-electron chi connectivity index (χ1n) is 10.3. The van der Waals surface area contributed by atoms with Crippen molar-refractivity contribution in [1.29, 1.82) is 0 Å². The highest BCUT2D eigenvalue weighted by molar-refractivity contribution is 7.23. The summed E-state index contributed by atoms with van der Waals surface area (Å²) in [6.45, 7) is 8.86. The van der Waals surface area contributed by atoms with E-state index in [9.17, 15) is 4.79 Å². The number of anilines is 1. The third-order valence-corrected chi connectivity index (χ3v) is 6.85. The van der Waals surface area contributed by atoms with Gasteiger partial charge in [-0.2, -0.15) is 5.10 Å². The number of carbonyl (C=O) groups is 1. The standard InChI is InChI=1S/C21H26ClN5O3S.ClH/c1-4-27-16(13-14(2)24-27)20(28)26(8-7-25-9-11-30-12-10-25)21-23-18-17(29-3)6-5-15(22)19(18)31-21;/h5-6,13H,4,7-12H2,1-3H3;1H. The molecule has 4 rings (SSSR count). The van der Waals surface area contributed by atoms with Gasteiger partial charge in [0.1, 0.15) is 17.0 Å². The van der Waals surface area contributed by atoms with Crippen LogP contribution in [0.5, 0.6) is 5.75 Å². The summed E-state index contributed by atoms with van der Waals surface area (Å²) >= 11 is 7.83. The number of amides is 1. The Morgan fingerprint density at radius 3 is 2.78 bits per heavy atom. The van der Waals surface area contributed by atoms with E-state index in [1.807, 2.05) is 19.9 Å². The number of aromatic nitrogens is 3. The van der Waals surface area contributed by atoms with E-state index in [1.54, 1.807) is 28.8 Å². The molecule has 0 unspecified atom stereocenters. The molecule has 0 spiro atoms. The van der Waals surface area contributed by atoms with Crippen LogP contribution in [0, 0.1) is 6.92 Å². The van der Waals surface area contributed by atoms with Crippen LogP contribution >= 0.6 is 35.3 Å². The van der Waals surface area contributed by atoms with Gasteiger partial charge in [-0.05, 0) is 32.0 Å². The maximum atomic E-state index is 13.7. The number of hydrogen-bond donors (Lipinski definition) is 0. The molecule has 1 aliphatic rings. The van der Waals surface area contributed by atoms with Gasteiger partial charge >= 0.3 is 0 Å². The first-order valence-corrected chi connectivity index (χ1v) is 11.5. The highest BCUT2D eigenvalue weighted by Gasteiger charge is 2.26. The lowest BCUT2D eigenvalue weighted by Gasteiger charge is -2.29. The molecule has 1 aliphatic heterocycles. The lowest BCUT2D eigenvalue weighted by molar-refractivity contribution is 0.0391. The van der Waals surface area contributed by atoms with E-state index in [1.165, 1.54) is 11.3 Å². The molecule has 1 fully saturated rings. The van der Waals surface area contributed by atoms with Crippen molar-refractivity contribution in [3.63, 3.8) is 0 Å². The third-order valence-electron chi connectivity index (χ3n) is 5.31. The molecule has 3 aromatic rings. The average molecular weight is 500 g/mol. The maximum Gasteiger partial charge on any atom is 0.278 e. The van der Waals surface area contributed by atoms with Crippen molar-refractivity contribution in [3.8, 4) is 5.75 Å². The number of aryl methyl sites for hydroxylation is 2. The largest absolute Gasteiger partial charge is 0.494 e. The summed E-state index contributed by atoms with van der Waals surface area (Å²) in [5.41, 5.74) is 2.03. The van der Waals surface area contributed by atoms with Crippen LogP contribution in [0.1, 0.15) is 23.1 Å². The first-order chi connectivity index (χ1) is 15.0. The highest BCUT2D eigenvalue weighted by atomic mass is 35.5. The molecule has 8 nitrogen and oxygen atoms in total. The zero-order valence-corrected chi connectivity index (χ0v) is 20.7. The van der Waals surface area contributed by atoms with Crippen LogP contribution in [0.3, 0.4) is 0 Å². The predicted octanol–water partition coefficient (Wildman–Crippen LogP) is 3.88. The van der Waals surface area contributed by atoms with Gasteiger partial charge in [0, 0.05) is 32.7 Å². The van der Waals surface area contributed by atoms with Crippen molar-refractivity contribution in [3.05, 3.63) is 34.6 Å². The van der Waals surface area contributed by atoms with Gasteiger partial charge in [0.2, 0.25) is 0 Å². The maximum absolute atomic E-state index is 13.7. The van der Waals surface area contributed by atoms with Crippen molar-refractivity contribution < 1.29 is 14.3 Å². The fourth-order valence-electron chi connectivity index (χ4n) is 3.67. The minimum absolute atomic E-state index is 0. The molecule has 1 amide bonds. The topological polar surface area (TPSA) is 72.7 Å². The van der Waals surface area contributed by atoms with Crippen LogP contribution in [-0.2, 0) is 11.3 Å². The van der Waals surface area contributed by atoms with Crippen LogP contribution in [0.4, 0.5) is 5.13 Å². The molecule has 0 aliphatic carbocycles. The molecule has 0 radical (unpaired) electrons. The minimum atomic E-state index is -0.121. The Morgan fingerprint density at radius 1 is 1.34 bits per heavy atom. The predicted molar refractivity (Wildman–Crippen MR) is 130 cm³/mol. The fraction of sp³-hybridized carbons (Fsp3) is 0.476. The number of ether oxygens (including phenoxy) is 2. The Balaban J connectivity index is 0.00000289. The Hall–Kier alpha value is -1.91. The summed E-state index contributed by atoms with van der Waals surface area (Å²) in [4.78, 5) is 22.4. The molecule has 11 heteroatoms. The molecule has 3 heterocycles. The van der Waals surface area contributed by atoms with Crippen molar-refractivity contribution in [1.82, 2.24) is 19.7 Å². The van der Waals surface area contributed by atoms with Crippen LogP contribution < -0.4 is 9.64 Å². The minimum Gasteiger partial charge on any atom is -0.494 e. The number of thiazole rings is 1. The number of morpholine rings is 1. The van der Waals surface area contributed by atoms with Gasteiger partial charge in [-0.1, -0.05) is 22.9 Å². The molecule has 0 saturated carbocycles. The number of hydrogen-bond acceptors (Lipinski definition) is 7. The van der Waals surface area contributed by atoms with E-state index in [0.29, 0.717) is 53.4 Å². The van der Waals surface area contributed by atoms with E-state index in [-0.39, 0.29) is 18.3 Å². The number of nitrogens with zero attached hydrogens (tertiary/aromatic N) is 5. The summed E-state index contributed by atoms with van der Waals surface area (Å²) in [5.74, 6) is 0.516. The summed E-state index contributed by atoms with van der Waals surface area (Å²) in [6.07, 6.45) is 0. The van der Waals surface area contributed by atoms with Gasteiger partial charge in [0.25, 0.3) is 5.91 Å². The summed E-state index contributed by atoms with van der Waals surface area (Å²) < 4.78 is 13.5. The second-order valence-electron chi connectivity index (χ2n) is 7.32. The Labute approximate surface area is 202 Å². The van der Waals surface area contributed by atoms with E-state index >= 15 is 0 Å². The van der Waals surface area contributed by atoms with Gasteiger partial charge in [-0.15, -0.1) is 12.4 Å². The molecule has 1 aromatic carbocycles. The molecule has 0 N–H and O–H groups in total. The SMILES string of the molecule is CCn1nc(C)cc1C(=O)N(CCN1CCOCC1)c1nc2c(OC)ccc(Cl)c2s1.Cl. The van der Waals surface area contributed by atoms with Crippen LogP contribution in [-0.4, -0.2) is 72.1 Å². The lowest BCUT2D eigenvalue weighted by Crippen LogP contribution is -2.43. The number of benzene rings is 1. The van der Waals surface area contributed by atoms with E-state index in [0.717, 1.165) is 30.0 Å². The van der Waals surface area contributed by atoms with Crippen molar-refractivity contribution in [2.45, 2.75) is 20.4 Å². The van der Waals surface area contributed by atoms with E-state index in [4.69, 9.17) is 26.1 Å². The quantitative estimate of drug-likeness (QED) is 0.490. The van der Waals surface area contributed by atoms with Gasteiger partial charge < -0.3 is 9.47 Å². The number of carbonyl (C=O) groups excluding carboxylic acids is 1. The molecule has 0 bridgehead atoms. The zero-order chi connectivity index (χ0) is 22.0. The zero-order valence-electron chi connectivity index (χ0n) is 18.3. The molecule has 2 aromatic heterocycles. The molecule has 174 valence electrons. The molecule has 32 heavy (non-hydrogen) atoms. The Morgan fingerprint density at radius 2 is 2.09 bits per heavy atom. The third kappa shape index (κ3) is 5.02. The van der Waals surface area contributed by atoms with Gasteiger partial charge in [0.15, 0.2) is 5.13 Å². The van der Waals surface area contributed by atoms with E-state index < -0.39 is 0 Å². The van der Waals surface area contributed by atoms with Gasteiger partial charge in [-0.3, -0.25) is 19.3 Å². The second kappa shape index (κ2) is 10.8. The average Bonchev–Trinajstić information content (AvgIpc) is 3.39. The number of rotatable bonds is 7. The van der Waals surface area contributed by atoms with Crippen molar-refractivity contribution in [2.24, 2.45) is 0 Å².